The van der Waals surface area contributed by atoms with Gasteiger partial charge in [-0.2, -0.15) is 0 Å². The molecule has 3 heterocycles. The van der Waals surface area contributed by atoms with Crippen molar-refractivity contribution >= 4 is 109 Å². The van der Waals surface area contributed by atoms with Gasteiger partial charge in [-0.3, -0.25) is 0 Å². The van der Waals surface area contributed by atoms with Gasteiger partial charge < -0.3 is 68.3 Å². The lowest BCUT2D eigenvalue weighted by atomic mass is 10.0. The van der Waals surface area contributed by atoms with Gasteiger partial charge >= 0.3 is 34.2 Å². The molecule has 0 bridgehead atoms. The predicted molar refractivity (Wildman–Crippen MR) is 344 cm³/mol. The van der Waals surface area contributed by atoms with Crippen LogP contribution >= 0.6 is 0 Å². The van der Waals surface area contributed by atoms with E-state index in [-0.39, 0.29) is 0 Å². The molecule has 0 amide bonds. The monoisotopic (exact) mass is 1310 g/mol. The molecule has 0 saturated carbocycles. The standard InChI is InChI=1S/C52H92O16Si12/c1-69-57-71(3)62-77(9,63-72(4)58-69)40-16-36-54-50-29-21-46(22-30-50)43-45-19-27-49(28-20-45)53-35-14-13-15-39-79(11)66-75(7)61-76(8)67-80(12,68-79)42-18-38-56-52-33-25-48(26-34-52)44-47-23-31-51(32-24-47)55-37-17-41-78(10)64-73(5)59-70(2)60-74(6)65-78/h19-34,69-76H,13-18,35-44H2,1-12H3. The predicted octanol–water partition coefficient (Wildman–Crippen LogP) is 9.75. The average Bonchev–Trinajstić information content (AvgIpc) is 3.37. The number of hydrogen-bond acceptors (Lipinski definition) is 16. The van der Waals surface area contributed by atoms with E-state index in [0.29, 0.717) is 26.4 Å². The highest BCUT2D eigenvalue weighted by atomic mass is 28.5. The van der Waals surface area contributed by atoms with Gasteiger partial charge in [0.05, 0.1) is 26.4 Å². The summed E-state index contributed by atoms with van der Waals surface area (Å²) in [7, 11) is -23.8. The molecule has 3 fully saturated rings. The molecule has 4 aromatic carbocycles. The molecule has 80 heavy (non-hydrogen) atoms. The Kier molecular flexibility index (Phi) is 26.4. The topological polar surface area (TPSA) is 148 Å². The van der Waals surface area contributed by atoms with E-state index in [9.17, 15) is 0 Å². The van der Waals surface area contributed by atoms with Crippen LogP contribution in [0, 0.1) is 0 Å². The van der Waals surface area contributed by atoms with E-state index in [1.807, 2.05) is 0 Å². The Morgan fingerprint density at radius 2 is 0.525 bits per heavy atom. The molecule has 0 aromatic heterocycles. The van der Waals surface area contributed by atoms with Crippen LogP contribution in [0.5, 0.6) is 23.0 Å². The molecule has 8 unspecified atom stereocenters. The van der Waals surface area contributed by atoms with Crippen molar-refractivity contribution in [3.63, 3.8) is 0 Å². The first-order chi connectivity index (χ1) is 38.2. The molecular formula is C52H92O16Si12. The van der Waals surface area contributed by atoms with E-state index in [1.54, 1.807) is 0 Å². The second-order valence-electron chi connectivity index (χ2n) is 22.0. The van der Waals surface area contributed by atoms with Crippen LogP contribution in [-0.2, 0) is 62.2 Å². The van der Waals surface area contributed by atoms with Gasteiger partial charge in [0.2, 0.25) is 0 Å². The van der Waals surface area contributed by atoms with E-state index < -0.39 is 109 Å². The third-order valence-corrected chi connectivity index (χ3v) is 57.8. The van der Waals surface area contributed by atoms with Crippen molar-refractivity contribution < 1.29 is 68.3 Å². The minimum Gasteiger partial charge on any atom is -0.494 e. The normalized spacial score (nSPS) is 30.6. The van der Waals surface area contributed by atoms with Crippen molar-refractivity contribution in [1.29, 1.82) is 0 Å². The maximum absolute atomic E-state index is 7.10. The summed E-state index contributed by atoms with van der Waals surface area (Å²) in [5.41, 5.74) is 4.92. The summed E-state index contributed by atoms with van der Waals surface area (Å²) >= 11 is 0. The van der Waals surface area contributed by atoms with Gasteiger partial charge in [-0.15, -0.1) is 0 Å². The average molecular weight is 1310 g/mol. The summed E-state index contributed by atoms with van der Waals surface area (Å²) in [6, 6.07) is 37.1. The van der Waals surface area contributed by atoms with Gasteiger partial charge in [0.25, 0.3) is 74.3 Å². The fraction of sp³-hybridized carbons (Fsp3) is 0.538. The molecule has 3 saturated heterocycles. The summed E-state index contributed by atoms with van der Waals surface area (Å²) in [6.07, 6.45) is 7.22. The second kappa shape index (κ2) is 32.1. The molecule has 0 radical (unpaired) electrons. The number of benzene rings is 4. The molecule has 0 N–H and O–H groups in total. The quantitative estimate of drug-likeness (QED) is 0.0434. The van der Waals surface area contributed by atoms with Gasteiger partial charge in [0.15, 0.2) is 0 Å². The van der Waals surface area contributed by atoms with E-state index >= 15 is 0 Å². The van der Waals surface area contributed by atoms with E-state index in [2.05, 4.69) is 176 Å². The van der Waals surface area contributed by atoms with Crippen LogP contribution < -0.4 is 18.9 Å². The summed E-state index contributed by atoms with van der Waals surface area (Å²) < 4.78 is 102. The maximum atomic E-state index is 7.10. The number of rotatable bonds is 26. The van der Waals surface area contributed by atoms with Gasteiger partial charge in [0.1, 0.15) is 23.0 Å². The van der Waals surface area contributed by atoms with Crippen molar-refractivity contribution in [3.05, 3.63) is 119 Å². The summed E-state index contributed by atoms with van der Waals surface area (Å²) in [5, 5.41) is 0. The van der Waals surface area contributed by atoms with Crippen LogP contribution in [0.25, 0.3) is 0 Å². The van der Waals surface area contributed by atoms with E-state index in [1.165, 1.54) is 22.3 Å². The molecule has 4 aromatic rings. The number of unbranched alkanes of at least 4 members (excludes halogenated alkanes) is 2. The van der Waals surface area contributed by atoms with Crippen LogP contribution in [0.2, 0.25) is 103 Å². The van der Waals surface area contributed by atoms with Gasteiger partial charge in [-0.25, -0.2) is 0 Å². The van der Waals surface area contributed by atoms with Crippen molar-refractivity contribution in [2.45, 2.75) is 154 Å². The molecule has 16 nitrogen and oxygen atoms in total. The number of hydrogen-bond donors (Lipinski definition) is 0. The minimum absolute atomic E-state index is 0.585. The van der Waals surface area contributed by atoms with Gasteiger partial charge in [-0.1, -0.05) is 61.4 Å². The fourth-order valence-corrected chi connectivity index (χ4v) is 57.5. The zero-order valence-corrected chi connectivity index (χ0v) is 62.9. The molecule has 3 aliphatic heterocycles. The van der Waals surface area contributed by atoms with Gasteiger partial charge in [-0.05, 0) is 212 Å². The SMILES string of the molecule is C[SiH]1O[SiH](C)O[Si](C)(CCCOc2ccc(Cc3ccc(OCCCCC[Si]4(C)O[SiH](C)O[SiH](C)O[Si](C)(CCCOc5ccc(Cc6ccc(OCCC[Si]7(C)O[SiH](C)O[SiH](C)O[SiH](C)O7)cc6)cc5)O4)cc3)cc2)O[SiH](C)O1. The second-order valence-corrected chi connectivity index (χ2v) is 54.1. The van der Waals surface area contributed by atoms with Gasteiger partial charge in [0, 0.05) is 0 Å². The molecular weight excluding hydrogens is 1220 g/mol. The van der Waals surface area contributed by atoms with E-state index in [0.717, 1.165) is 98.5 Å². The minimum atomic E-state index is -2.59. The lowest BCUT2D eigenvalue weighted by molar-refractivity contribution is 0.247. The highest BCUT2D eigenvalue weighted by Crippen LogP contribution is 2.32. The Morgan fingerprint density at radius 3 is 0.825 bits per heavy atom. The lowest BCUT2D eigenvalue weighted by Gasteiger charge is -2.43. The van der Waals surface area contributed by atoms with Crippen molar-refractivity contribution in [1.82, 2.24) is 0 Å². The first-order valence-corrected chi connectivity index (χ1v) is 56.0. The first-order valence-electron chi connectivity index (χ1n) is 29.1. The lowest BCUT2D eigenvalue weighted by Crippen LogP contribution is -2.59. The number of ether oxygens (including phenoxy) is 4. The highest BCUT2D eigenvalue weighted by Gasteiger charge is 2.47. The third kappa shape index (κ3) is 23.2. The van der Waals surface area contributed by atoms with E-state index in [4.69, 9.17) is 68.3 Å². The third-order valence-electron chi connectivity index (χ3n) is 14.0. The zero-order valence-electron chi connectivity index (χ0n) is 49.7. The first kappa shape index (κ1) is 65.7. The molecule has 28 heteroatoms. The Bertz CT molecular complexity index is 2400. The molecule has 0 aliphatic carbocycles. The molecule has 0 spiro atoms. The van der Waals surface area contributed by atoms with Crippen molar-refractivity contribution in [2.75, 3.05) is 26.4 Å². The van der Waals surface area contributed by atoms with Crippen molar-refractivity contribution in [3.8, 4) is 23.0 Å². The largest absolute Gasteiger partial charge is 0.494 e. The Balaban J connectivity index is 0.757. The highest BCUT2D eigenvalue weighted by molar-refractivity contribution is 6.87. The van der Waals surface area contributed by atoms with Crippen LogP contribution in [0.15, 0.2) is 97.1 Å². The van der Waals surface area contributed by atoms with Crippen LogP contribution in [-0.4, -0.2) is 135 Å². The molecule has 444 valence electrons. The van der Waals surface area contributed by atoms with Crippen LogP contribution in [0.3, 0.4) is 0 Å². The maximum Gasteiger partial charge on any atom is 0.317 e. The fourth-order valence-electron chi connectivity index (χ4n) is 10.7. The Morgan fingerprint density at radius 1 is 0.287 bits per heavy atom. The molecule has 3 aliphatic rings. The van der Waals surface area contributed by atoms with Crippen molar-refractivity contribution in [2.24, 2.45) is 0 Å². The zero-order chi connectivity index (χ0) is 57.2. The molecule has 8 atom stereocenters. The Hall–Kier alpha value is -1.80. The summed E-state index contributed by atoms with van der Waals surface area (Å²) in [5.74, 6) is 3.49. The summed E-state index contributed by atoms with van der Waals surface area (Å²) in [4.78, 5) is 0. The van der Waals surface area contributed by atoms with Crippen LogP contribution in [0.1, 0.15) is 60.8 Å². The summed E-state index contributed by atoms with van der Waals surface area (Å²) in [6.45, 7) is 27.8. The molecule has 7 rings (SSSR count). The van der Waals surface area contributed by atoms with Crippen LogP contribution in [0.4, 0.5) is 0 Å². The smallest absolute Gasteiger partial charge is 0.317 e. The Labute approximate surface area is 496 Å².